The predicted molar refractivity (Wildman–Crippen MR) is 145 cm³/mol. The van der Waals surface area contributed by atoms with E-state index < -0.39 is 16.6 Å². The molecule has 3 rings (SSSR count). The third-order valence-corrected chi connectivity index (χ3v) is 15.9. The van der Waals surface area contributed by atoms with E-state index in [4.69, 9.17) is 8.84 Å². The lowest BCUT2D eigenvalue weighted by Gasteiger charge is -2.37. The molecule has 0 radical (unpaired) electrons. The molecule has 0 aliphatic heterocycles. The van der Waals surface area contributed by atoms with Crippen LogP contribution in [0.2, 0.25) is 36.3 Å². The van der Waals surface area contributed by atoms with Crippen molar-refractivity contribution in [1.82, 2.24) is 0 Å². The fraction of sp³-hybridized carbons (Fsp3) is 0.519. The number of rotatable bonds is 5. The van der Waals surface area contributed by atoms with Crippen molar-refractivity contribution < 1.29 is 13.6 Å². The number of hydrogen-bond donors (Lipinski definition) is 1. The Hall–Kier alpha value is -1.90. The van der Waals surface area contributed by atoms with Crippen molar-refractivity contribution in [2.75, 3.05) is 0 Å². The van der Waals surface area contributed by atoms with Crippen LogP contribution in [0.15, 0.2) is 33.5 Å². The molecule has 0 bridgehead atoms. The smallest absolute Gasteiger partial charge is 0.250 e. The van der Waals surface area contributed by atoms with Gasteiger partial charge in [-0.2, -0.15) is 0 Å². The summed E-state index contributed by atoms with van der Waals surface area (Å²) in [5.41, 5.74) is 4.15. The summed E-state index contributed by atoms with van der Waals surface area (Å²) >= 11 is 0. The fourth-order valence-corrected chi connectivity index (χ4v) is 5.40. The standard InChI is InChI=1S/C27H40O4Si2/c1-17-19(16-27(6,7)32(8,9)29)12-13-20-23(28)21-14-15-22(18(2)25(21)30-24(17)20)31-33(10,11)26(3,4)5/h12-15,29H,16H2,1-11H3. The van der Waals surface area contributed by atoms with E-state index in [0.29, 0.717) is 21.9 Å². The maximum atomic E-state index is 13.4. The molecule has 6 heteroatoms. The van der Waals surface area contributed by atoms with Gasteiger partial charge >= 0.3 is 0 Å². The second kappa shape index (κ2) is 8.10. The van der Waals surface area contributed by atoms with E-state index in [0.717, 1.165) is 28.9 Å². The minimum absolute atomic E-state index is 0.0148. The molecular weight excluding hydrogens is 444 g/mol. The van der Waals surface area contributed by atoms with Gasteiger partial charge in [-0.1, -0.05) is 40.7 Å². The van der Waals surface area contributed by atoms with Gasteiger partial charge in [0.15, 0.2) is 8.32 Å². The lowest BCUT2D eigenvalue weighted by Crippen LogP contribution is -2.44. The average molecular weight is 485 g/mol. The Kier molecular flexibility index (Phi) is 6.31. The van der Waals surface area contributed by atoms with Gasteiger partial charge in [0, 0.05) is 5.56 Å². The first kappa shape index (κ1) is 25.7. The molecule has 4 nitrogen and oxygen atoms in total. The molecule has 0 saturated carbocycles. The predicted octanol–water partition coefficient (Wildman–Crippen LogP) is 7.47. The van der Waals surface area contributed by atoms with E-state index in [-0.39, 0.29) is 15.5 Å². The minimum Gasteiger partial charge on any atom is -0.543 e. The van der Waals surface area contributed by atoms with Gasteiger partial charge in [0.05, 0.1) is 10.8 Å². The molecule has 0 aliphatic carbocycles. The van der Waals surface area contributed by atoms with Gasteiger partial charge in [-0.25, -0.2) is 0 Å². The van der Waals surface area contributed by atoms with Crippen molar-refractivity contribution in [3.63, 3.8) is 0 Å². The number of aryl methyl sites for hydroxylation is 2. The van der Waals surface area contributed by atoms with Crippen LogP contribution < -0.4 is 9.85 Å². The molecule has 33 heavy (non-hydrogen) atoms. The first-order valence-corrected chi connectivity index (χ1v) is 17.6. The van der Waals surface area contributed by atoms with E-state index in [1.165, 1.54) is 0 Å². The second-order valence-corrected chi connectivity index (χ2v) is 21.4. The van der Waals surface area contributed by atoms with Gasteiger partial charge in [0.1, 0.15) is 16.9 Å². The fourth-order valence-electron chi connectivity index (χ4n) is 3.70. The van der Waals surface area contributed by atoms with Crippen LogP contribution in [-0.4, -0.2) is 21.4 Å². The third kappa shape index (κ3) is 4.57. The second-order valence-electron chi connectivity index (χ2n) is 12.2. The number of fused-ring (bicyclic) bond motifs is 2. The molecule has 0 atom stereocenters. The zero-order valence-electron chi connectivity index (χ0n) is 22.2. The van der Waals surface area contributed by atoms with Crippen LogP contribution >= 0.6 is 0 Å². The summed E-state index contributed by atoms with van der Waals surface area (Å²) in [4.78, 5) is 24.1. The van der Waals surface area contributed by atoms with E-state index in [1.54, 1.807) is 0 Å². The van der Waals surface area contributed by atoms with Crippen LogP contribution in [0.5, 0.6) is 5.75 Å². The Balaban J connectivity index is 2.21. The summed E-state index contributed by atoms with van der Waals surface area (Å²) in [6.45, 7) is 23.3. The highest BCUT2D eigenvalue weighted by Crippen LogP contribution is 2.41. The molecule has 0 amide bonds. The average Bonchev–Trinajstić information content (AvgIpc) is 2.65. The molecule has 0 fully saturated rings. The first-order valence-electron chi connectivity index (χ1n) is 11.8. The summed E-state index contributed by atoms with van der Waals surface area (Å²) in [6, 6.07) is 7.64. The van der Waals surface area contributed by atoms with E-state index in [1.807, 2.05) is 51.2 Å². The zero-order chi connectivity index (χ0) is 25.1. The normalized spacial score (nSPS) is 13.7. The summed E-state index contributed by atoms with van der Waals surface area (Å²) in [6.07, 6.45) is 0.736. The van der Waals surface area contributed by atoms with Crippen LogP contribution in [0, 0.1) is 13.8 Å². The van der Waals surface area contributed by atoms with Crippen LogP contribution in [0.25, 0.3) is 21.9 Å². The largest absolute Gasteiger partial charge is 0.543 e. The topological polar surface area (TPSA) is 59.7 Å². The Morgan fingerprint density at radius 3 is 1.91 bits per heavy atom. The van der Waals surface area contributed by atoms with Crippen molar-refractivity contribution in [2.24, 2.45) is 0 Å². The Labute approximate surface area is 200 Å². The molecule has 0 spiro atoms. The van der Waals surface area contributed by atoms with Crippen LogP contribution in [0.1, 0.15) is 51.3 Å². The molecule has 180 valence electrons. The highest BCUT2D eigenvalue weighted by molar-refractivity contribution is 6.74. The Morgan fingerprint density at radius 1 is 0.879 bits per heavy atom. The molecular formula is C27H40O4Si2. The van der Waals surface area contributed by atoms with Gasteiger partial charge in [0.25, 0.3) is 0 Å². The van der Waals surface area contributed by atoms with Crippen molar-refractivity contribution in [3.8, 4) is 5.75 Å². The molecule has 1 N–H and O–H groups in total. The first-order chi connectivity index (χ1) is 14.9. The number of hydrogen-bond acceptors (Lipinski definition) is 4. The number of benzene rings is 2. The highest BCUT2D eigenvalue weighted by atomic mass is 28.4. The molecule has 2 aromatic carbocycles. The lowest BCUT2D eigenvalue weighted by atomic mass is 9.95. The van der Waals surface area contributed by atoms with Crippen molar-refractivity contribution in [1.29, 1.82) is 0 Å². The van der Waals surface area contributed by atoms with Gasteiger partial charge < -0.3 is 13.6 Å². The molecule has 1 heterocycles. The molecule has 1 aromatic heterocycles. The quantitative estimate of drug-likeness (QED) is 0.301. The Bertz CT molecular complexity index is 1180. The van der Waals surface area contributed by atoms with Crippen molar-refractivity contribution in [3.05, 3.63) is 51.2 Å². The van der Waals surface area contributed by atoms with E-state index in [2.05, 4.69) is 47.7 Å². The van der Waals surface area contributed by atoms with Gasteiger partial charge in [-0.3, -0.25) is 4.79 Å². The van der Waals surface area contributed by atoms with E-state index >= 15 is 0 Å². The molecule has 0 aliphatic rings. The van der Waals surface area contributed by atoms with Crippen LogP contribution in [-0.2, 0) is 6.42 Å². The SMILES string of the molecule is Cc1c(CC(C)(C)[Si](C)(C)O)ccc2c(=O)c3ccc(O[Si](C)(C)C(C)(C)C)c(C)c3oc12. The lowest BCUT2D eigenvalue weighted by molar-refractivity contribution is 0.467. The van der Waals surface area contributed by atoms with E-state index in [9.17, 15) is 9.59 Å². The van der Waals surface area contributed by atoms with Crippen LogP contribution in [0.3, 0.4) is 0 Å². The Morgan fingerprint density at radius 2 is 1.39 bits per heavy atom. The van der Waals surface area contributed by atoms with Crippen LogP contribution in [0.4, 0.5) is 0 Å². The van der Waals surface area contributed by atoms with Crippen molar-refractivity contribution in [2.45, 2.75) is 91.2 Å². The zero-order valence-corrected chi connectivity index (χ0v) is 24.2. The molecule has 3 aromatic rings. The molecule has 0 unspecified atom stereocenters. The van der Waals surface area contributed by atoms with Crippen molar-refractivity contribution >= 4 is 38.6 Å². The summed E-state index contributed by atoms with van der Waals surface area (Å²) in [5, 5.41) is 1.04. The summed E-state index contributed by atoms with van der Waals surface area (Å²) in [5.74, 6) is 0.791. The maximum Gasteiger partial charge on any atom is 0.250 e. The third-order valence-electron chi connectivity index (χ3n) is 8.03. The maximum absolute atomic E-state index is 13.4. The van der Waals surface area contributed by atoms with Gasteiger partial charge in [-0.15, -0.1) is 0 Å². The monoisotopic (exact) mass is 484 g/mol. The van der Waals surface area contributed by atoms with Gasteiger partial charge in [-0.05, 0) is 85.9 Å². The summed E-state index contributed by atoms with van der Waals surface area (Å²) < 4.78 is 13.0. The van der Waals surface area contributed by atoms with Gasteiger partial charge in [0.2, 0.25) is 13.7 Å². The molecule has 0 saturated heterocycles. The highest BCUT2D eigenvalue weighted by Gasteiger charge is 2.40. The summed E-state index contributed by atoms with van der Waals surface area (Å²) in [7, 11) is -4.41. The minimum atomic E-state index is -2.37.